The van der Waals surface area contributed by atoms with Crippen molar-refractivity contribution in [2.24, 2.45) is 0 Å². The minimum absolute atomic E-state index is 0.0112. The van der Waals surface area contributed by atoms with Gasteiger partial charge in [-0.2, -0.15) is 0 Å². The standard InChI is InChI=1S/C24H23FN4O5/c1-2-15-3-5-16(6-4-15)26-24(33)29-13-18(30)12-21(29)23(32)27-20-8-7-17(11-19(20)25)28-9-10-34-14-22(28)31/h1,3-8,11,18,21,30H,9-10,12-14H2,(H,26,33)(H,27,32)/t18-,21-/m1/s1. The minimum Gasteiger partial charge on any atom is -0.391 e. The van der Waals surface area contributed by atoms with Crippen molar-refractivity contribution in [1.29, 1.82) is 0 Å². The van der Waals surface area contributed by atoms with Crippen LogP contribution < -0.4 is 15.5 Å². The van der Waals surface area contributed by atoms with E-state index in [0.29, 0.717) is 30.1 Å². The fourth-order valence-electron chi connectivity index (χ4n) is 3.91. The molecule has 0 radical (unpaired) electrons. The van der Waals surface area contributed by atoms with E-state index < -0.39 is 29.9 Å². The Bertz CT molecular complexity index is 1150. The first-order chi connectivity index (χ1) is 16.4. The molecule has 0 saturated carbocycles. The molecule has 0 unspecified atom stereocenters. The number of benzene rings is 2. The molecule has 2 saturated heterocycles. The van der Waals surface area contributed by atoms with E-state index in [4.69, 9.17) is 11.2 Å². The number of terminal acetylenes is 1. The highest BCUT2D eigenvalue weighted by Gasteiger charge is 2.39. The lowest BCUT2D eigenvalue weighted by molar-refractivity contribution is -0.125. The van der Waals surface area contributed by atoms with Gasteiger partial charge in [0, 0.05) is 36.4 Å². The number of anilines is 3. The number of carbonyl (C=O) groups is 3. The van der Waals surface area contributed by atoms with E-state index in [1.54, 1.807) is 24.3 Å². The number of hydrogen-bond donors (Lipinski definition) is 3. The fraction of sp³-hybridized carbons (Fsp3) is 0.292. The third-order valence-corrected chi connectivity index (χ3v) is 5.65. The van der Waals surface area contributed by atoms with Crippen molar-refractivity contribution in [3.63, 3.8) is 0 Å². The Hall–Kier alpha value is -3.94. The molecule has 0 spiro atoms. The molecule has 10 heteroatoms. The number of urea groups is 1. The number of likely N-dealkylation sites (tertiary alicyclic amines) is 1. The molecule has 2 aromatic rings. The molecule has 34 heavy (non-hydrogen) atoms. The van der Waals surface area contributed by atoms with Crippen molar-refractivity contribution in [2.45, 2.75) is 18.6 Å². The first kappa shape index (κ1) is 23.2. The fourth-order valence-corrected chi connectivity index (χ4v) is 3.91. The molecular formula is C24H23FN4O5. The molecule has 9 nitrogen and oxygen atoms in total. The summed E-state index contributed by atoms with van der Waals surface area (Å²) in [6.45, 7) is 0.532. The molecule has 2 aromatic carbocycles. The second-order valence-corrected chi connectivity index (χ2v) is 7.96. The number of carbonyl (C=O) groups excluding carboxylic acids is 3. The molecule has 2 aliphatic heterocycles. The van der Waals surface area contributed by atoms with Gasteiger partial charge >= 0.3 is 6.03 Å². The molecule has 2 fully saturated rings. The summed E-state index contributed by atoms with van der Waals surface area (Å²) in [7, 11) is 0. The van der Waals surface area contributed by atoms with Gasteiger partial charge in [-0.15, -0.1) is 6.42 Å². The van der Waals surface area contributed by atoms with Crippen LogP contribution in [0.2, 0.25) is 0 Å². The molecule has 4 rings (SSSR count). The van der Waals surface area contributed by atoms with Crippen LogP contribution in [0.15, 0.2) is 42.5 Å². The molecule has 0 aromatic heterocycles. The van der Waals surface area contributed by atoms with Gasteiger partial charge in [0.15, 0.2) is 0 Å². The number of halogens is 1. The lowest BCUT2D eigenvalue weighted by Gasteiger charge is -2.27. The largest absolute Gasteiger partial charge is 0.391 e. The smallest absolute Gasteiger partial charge is 0.322 e. The summed E-state index contributed by atoms with van der Waals surface area (Å²) in [6, 6.07) is 9.05. The highest BCUT2D eigenvalue weighted by atomic mass is 19.1. The van der Waals surface area contributed by atoms with Crippen molar-refractivity contribution in [3.8, 4) is 12.3 Å². The first-order valence-electron chi connectivity index (χ1n) is 10.7. The van der Waals surface area contributed by atoms with Gasteiger partial charge in [0.05, 0.1) is 18.4 Å². The van der Waals surface area contributed by atoms with Gasteiger partial charge in [-0.1, -0.05) is 5.92 Å². The first-order valence-corrected chi connectivity index (χ1v) is 10.7. The zero-order chi connectivity index (χ0) is 24.2. The van der Waals surface area contributed by atoms with Crippen molar-refractivity contribution < 1.29 is 28.6 Å². The summed E-state index contributed by atoms with van der Waals surface area (Å²) in [5.74, 6) is 0.834. The van der Waals surface area contributed by atoms with Gasteiger partial charge in [-0.25, -0.2) is 9.18 Å². The number of aliphatic hydroxyl groups is 1. The molecule has 2 atom stereocenters. The van der Waals surface area contributed by atoms with Crippen molar-refractivity contribution in [2.75, 3.05) is 41.8 Å². The third kappa shape index (κ3) is 5.01. The van der Waals surface area contributed by atoms with E-state index in [2.05, 4.69) is 16.6 Å². The van der Waals surface area contributed by atoms with Gasteiger partial charge in [0.2, 0.25) is 5.91 Å². The maximum atomic E-state index is 14.7. The van der Waals surface area contributed by atoms with Crippen LogP contribution in [0.4, 0.5) is 26.2 Å². The van der Waals surface area contributed by atoms with E-state index in [0.717, 1.165) is 6.07 Å². The average Bonchev–Trinajstić information content (AvgIpc) is 3.23. The molecule has 0 aliphatic carbocycles. The summed E-state index contributed by atoms with van der Waals surface area (Å²) >= 11 is 0. The number of amides is 4. The zero-order valence-corrected chi connectivity index (χ0v) is 18.2. The molecule has 3 N–H and O–H groups in total. The van der Waals surface area contributed by atoms with Crippen LogP contribution in [0.25, 0.3) is 0 Å². The molecule has 176 valence electrons. The van der Waals surface area contributed by atoms with Crippen LogP contribution in [0.1, 0.15) is 12.0 Å². The Morgan fingerprint density at radius 2 is 1.94 bits per heavy atom. The van der Waals surface area contributed by atoms with Gasteiger partial charge in [0.25, 0.3) is 5.91 Å². The molecule has 2 aliphatic rings. The van der Waals surface area contributed by atoms with Crippen molar-refractivity contribution >= 4 is 34.9 Å². The quantitative estimate of drug-likeness (QED) is 0.595. The second-order valence-electron chi connectivity index (χ2n) is 7.96. The summed E-state index contributed by atoms with van der Waals surface area (Å²) in [4.78, 5) is 40.2. The third-order valence-electron chi connectivity index (χ3n) is 5.65. The molecular weight excluding hydrogens is 443 g/mol. The van der Waals surface area contributed by atoms with Crippen molar-refractivity contribution in [1.82, 2.24) is 4.90 Å². The predicted molar refractivity (Wildman–Crippen MR) is 123 cm³/mol. The number of nitrogens with one attached hydrogen (secondary N) is 2. The average molecular weight is 466 g/mol. The maximum absolute atomic E-state index is 14.7. The lowest BCUT2D eigenvalue weighted by Crippen LogP contribution is -2.45. The number of hydrogen-bond acceptors (Lipinski definition) is 5. The van der Waals surface area contributed by atoms with Crippen LogP contribution in [-0.2, 0) is 14.3 Å². The van der Waals surface area contributed by atoms with Crippen molar-refractivity contribution in [3.05, 3.63) is 53.8 Å². The normalized spacial score (nSPS) is 20.1. The van der Waals surface area contributed by atoms with E-state index in [9.17, 15) is 23.9 Å². The lowest BCUT2D eigenvalue weighted by atomic mass is 10.1. The summed E-state index contributed by atoms with van der Waals surface area (Å²) < 4.78 is 19.8. The molecule has 0 bridgehead atoms. The topological polar surface area (TPSA) is 111 Å². The van der Waals surface area contributed by atoms with E-state index in [1.165, 1.54) is 21.9 Å². The highest BCUT2D eigenvalue weighted by molar-refractivity contribution is 6.00. The molecule has 4 amide bonds. The van der Waals surface area contributed by atoms with Gasteiger partial charge < -0.3 is 30.3 Å². The number of ether oxygens (including phenoxy) is 1. The summed E-state index contributed by atoms with van der Waals surface area (Å²) in [5.41, 5.74) is 1.39. The number of morpholine rings is 1. The number of nitrogens with zero attached hydrogens (tertiary/aromatic N) is 2. The van der Waals surface area contributed by atoms with Crippen LogP contribution in [0, 0.1) is 18.2 Å². The van der Waals surface area contributed by atoms with Crippen LogP contribution in [-0.4, -0.2) is 66.3 Å². The maximum Gasteiger partial charge on any atom is 0.322 e. The minimum atomic E-state index is -1.00. The monoisotopic (exact) mass is 466 g/mol. The Balaban J connectivity index is 1.44. The Morgan fingerprint density at radius 3 is 2.62 bits per heavy atom. The number of rotatable bonds is 4. The van der Waals surface area contributed by atoms with Gasteiger partial charge in [-0.05, 0) is 42.5 Å². The number of aliphatic hydroxyl groups excluding tert-OH is 1. The zero-order valence-electron chi connectivity index (χ0n) is 18.2. The van der Waals surface area contributed by atoms with Gasteiger partial charge in [-0.3, -0.25) is 9.59 Å². The van der Waals surface area contributed by atoms with Crippen LogP contribution in [0.5, 0.6) is 0 Å². The highest BCUT2D eigenvalue weighted by Crippen LogP contribution is 2.26. The van der Waals surface area contributed by atoms with Crippen LogP contribution in [0.3, 0.4) is 0 Å². The summed E-state index contributed by atoms with van der Waals surface area (Å²) in [6.07, 6.45) is 4.44. The van der Waals surface area contributed by atoms with E-state index >= 15 is 0 Å². The van der Waals surface area contributed by atoms with Gasteiger partial charge in [0.1, 0.15) is 18.5 Å². The molecule has 2 heterocycles. The second kappa shape index (κ2) is 9.91. The number of β-amino-alcohol motifs (C(OH)–C–C–N with tert-alkyl or cyclic N) is 1. The summed E-state index contributed by atoms with van der Waals surface area (Å²) in [5, 5.41) is 15.2. The Labute approximate surface area is 195 Å². The van der Waals surface area contributed by atoms with E-state index in [1.807, 2.05) is 0 Å². The van der Waals surface area contributed by atoms with E-state index in [-0.39, 0.29) is 31.2 Å². The SMILES string of the molecule is C#Cc1ccc(NC(=O)N2C[C@H](O)C[C@@H]2C(=O)Nc2ccc(N3CCOCC3=O)cc2F)cc1. The Morgan fingerprint density at radius 1 is 1.18 bits per heavy atom. The Kier molecular flexibility index (Phi) is 6.77. The predicted octanol–water partition coefficient (Wildman–Crippen LogP) is 1.78. The van der Waals surface area contributed by atoms with Crippen LogP contribution >= 0.6 is 0 Å².